The second-order valence-electron chi connectivity index (χ2n) is 5.67. The van der Waals surface area contributed by atoms with Crippen molar-refractivity contribution in [2.24, 2.45) is 0 Å². The summed E-state index contributed by atoms with van der Waals surface area (Å²) in [4.78, 5) is 5.35. The molecule has 1 saturated heterocycles. The predicted molar refractivity (Wildman–Crippen MR) is 90.3 cm³/mol. The van der Waals surface area contributed by atoms with Crippen molar-refractivity contribution in [2.75, 3.05) is 13.1 Å². The van der Waals surface area contributed by atoms with Crippen LogP contribution in [0.15, 0.2) is 42.7 Å². The van der Waals surface area contributed by atoms with Gasteiger partial charge in [0.2, 0.25) is 0 Å². The predicted octanol–water partition coefficient (Wildman–Crippen LogP) is 3.19. The topological polar surface area (TPSA) is 31.1 Å². The van der Waals surface area contributed by atoms with Crippen molar-refractivity contribution in [1.82, 2.24) is 15.2 Å². The fourth-order valence-corrected chi connectivity index (χ4v) is 3.24. The van der Waals surface area contributed by atoms with Crippen molar-refractivity contribution < 1.29 is 0 Å². The number of aryl methyl sites for hydroxylation is 1. The molecule has 1 aliphatic rings. The number of H-pyrrole nitrogens is 1. The lowest BCUT2D eigenvalue weighted by atomic mass is 9.94. The van der Waals surface area contributed by atoms with Gasteiger partial charge in [0.1, 0.15) is 0 Å². The summed E-state index contributed by atoms with van der Waals surface area (Å²) in [6, 6.07) is 10.7. The zero-order chi connectivity index (χ0) is 14.7. The first-order chi connectivity index (χ1) is 10.2. The van der Waals surface area contributed by atoms with E-state index in [9.17, 15) is 0 Å². The van der Waals surface area contributed by atoms with Crippen LogP contribution < -0.4 is 5.32 Å². The quantitative estimate of drug-likeness (QED) is 0.854. The summed E-state index contributed by atoms with van der Waals surface area (Å²) >= 11 is 5.53. The summed E-state index contributed by atoms with van der Waals surface area (Å²) in [5, 5.41) is 4.22. The maximum atomic E-state index is 5.53. The first-order valence-corrected chi connectivity index (χ1v) is 7.85. The first-order valence-electron chi connectivity index (χ1n) is 7.44. The van der Waals surface area contributed by atoms with Crippen LogP contribution in [0.5, 0.6) is 0 Å². The van der Waals surface area contributed by atoms with Gasteiger partial charge in [-0.3, -0.25) is 0 Å². The molecule has 1 fully saturated rings. The Morgan fingerprint density at radius 1 is 1.38 bits per heavy atom. The van der Waals surface area contributed by atoms with E-state index in [1.54, 1.807) is 0 Å². The van der Waals surface area contributed by atoms with Crippen LogP contribution in [0.2, 0.25) is 0 Å². The number of aromatic nitrogens is 1. The summed E-state index contributed by atoms with van der Waals surface area (Å²) in [7, 11) is 0. The van der Waals surface area contributed by atoms with Crippen molar-refractivity contribution in [2.45, 2.75) is 25.8 Å². The molecule has 0 bridgehead atoms. The largest absolute Gasteiger partial charge is 0.367 e. The second kappa shape index (κ2) is 6.31. The molecular formula is C17H21N3S. The van der Waals surface area contributed by atoms with Gasteiger partial charge in [-0.1, -0.05) is 24.3 Å². The van der Waals surface area contributed by atoms with Gasteiger partial charge in [0.25, 0.3) is 0 Å². The van der Waals surface area contributed by atoms with E-state index < -0.39 is 0 Å². The van der Waals surface area contributed by atoms with Gasteiger partial charge in [-0.2, -0.15) is 0 Å². The molecule has 2 heterocycles. The molecule has 0 saturated carbocycles. The first kappa shape index (κ1) is 14.1. The molecule has 1 aromatic carbocycles. The zero-order valence-electron chi connectivity index (χ0n) is 12.3. The van der Waals surface area contributed by atoms with Crippen LogP contribution in [-0.2, 0) is 6.54 Å². The molecule has 0 aliphatic carbocycles. The van der Waals surface area contributed by atoms with Crippen molar-refractivity contribution in [3.05, 3.63) is 59.4 Å². The molecule has 110 valence electrons. The van der Waals surface area contributed by atoms with Gasteiger partial charge in [0.15, 0.2) is 5.11 Å². The molecule has 1 unspecified atom stereocenters. The molecule has 1 aromatic heterocycles. The highest BCUT2D eigenvalue weighted by Gasteiger charge is 2.26. The molecule has 2 aromatic rings. The Morgan fingerprint density at radius 2 is 2.24 bits per heavy atom. The molecule has 3 rings (SSSR count). The summed E-state index contributed by atoms with van der Waals surface area (Å²) < 4.78 is 0. The molecule has 0 amide bonds. The Bertz CT molecular complexity index is 606. The number of benzene rings is 1. The smallest absolute Gasteiger partial charge is 0.169 e. The number of rotatable bonds is 3. The molecular weight excluding hydrogens is 278 g/mol. The lowest BCUT2D eigenvalue weighted by molar-refractivity contribution is 0.498. The van der Waals surface area contributed by atoms with Crippen LogP contribution in [0.3, 0.4) is 0 Å². The zero-order valence-corrected chi connectivity index (χ0v) is 13.1. The maximum Gasteiger partial charge on any atom is 0.169 e. The normalized spacial score (nSPS) is 18.0. The number of hydrogen-bond donors (Lipinski definition) is 2. The number of thiocarbonyl (C=S) groups is 1. The van der Waals surface area contributed by atoms with E-state index in [0.717, 1.165) is 24.7 Å². The van der Waals surface area contributed by atoms with Crippen LogP contribution in [0.1, 0.15) is 29.0 Å². The van der Waals surface area contributed by atoms with E-state index in [1.807, 2.05) is 12.4 Å². The molecule has 0 spiro atoms. The van der Waals surface area contributed by atoms with Gasteiger partial charge >= 0.3 is 0 Å². The van der Waals surface area contributed by atoms with Crippen molar-refractivity contribution in [1.29, 1.82) is 0 Å². The van der Waals surface area contributed by atoms with Gasteiger partial charge in [-0.25, -0.2) is 0 Å². The van der Waals surface area contributed by atoms with Crippen LogP contribution in [0.4, 0.5) is 0 Å². The number of nitrogens with one attached hydrogen (secondary N) is 2. The number of aromatic amines is 1. The van der Waals surface area contributed by atoms with E-state index in [-0.39, 0.29) is 0 Å². The summed E-state index contributed by atoms with van der Waals surface area (Å²) in [6.45, 7) is 5.04. The molecule has 1 aliphatic heterocycles. The minimum atomic E-state index is 0.596. The van der Waals surface area contributed by atoms with Gasteiger partial charge in [-0.15, -0.1) is 0 Å². The number of likely N-dealkylation sites (tertiary alicyclic amines) is 1. The van der Waals surface area contributed by atoms with E-state index in [2.05, 4.69) is 52.5 Å². The minimum absolute atomic E-state index is 0.596. The summed E-state index contributed by atoms with van der Waals surface area (Å²) in [5.74, 6) is 0.596. The van der Waals surface area contributed by atoms with Gasteiger partial charge in [0.05, 0.1) is 0 Å². The standard InChI is InChI=1S/C17H21N3S/c1-13-4-2-3-5-16(13)15-7-9-20(12-15)17(21)19-11-14-6-8-18-10-14/h2-6,8,10,15,18H,7,9,11-12H2,1H3,(H,19,21). The minimum Gasteiger partial charge on any atom is -0.367 e. The molecule has 21 heavy (non-hydrogen) atoms. The fourth-order valence-electron chi connectivity index (χ4n) is 3.00. The highest BCUT2D eigenvalue weighted by Crippen LogP contribution is 2.29. The van der Waals surface area contributed by atoms with E-state index in [4.69, 9.17) is 12.2 Å². The molecule has 1 atom stereocenters. The SMILES string of the molecule is Cc1ccccc1C1CCN(C(=S)NCc2cc[nH]c2)C1. The Balaban J connectivity index is 1.57. The monoisotopic (exact) mass is 299 g/mol. The lowest BCUT2D eigenvalue weighted by Gasteiger charge is -2.21. The fraction of sp³-hybridized carbons (Fsp3) is 0.353. The lowest BCUT2D eigenvalue weighted by Crippen LogP contribution is -2.37. The van der Waals surface area contributed by atoms with Crippen molar-refractivity contribution in [3.63, 3.8) is 0 Å². The second-order valence-corrected chi connectivity index (χ2v) is 6.05. The number of hydrogen-bond acceptors (Lipinski definition) is 1. The van der Waals surface area contributed by atoms with Crippen molar-refractivity contribution in [3.8, 4) is 0 Å². The number of nitrogens with zero attached hydrogens (tertiary/aromatic N) is 1. The van der Waals surface area contributed by atoms with Crippen LogP contribution >= 0.6 is 12.2 Å². The summed E-state index contributed by atoms with van der Waals surface area (Å²) in [5.41, 5.74) is 4.08. The van der Waals surface area contributed by atoms with Crippen molar-refractivity contribution >= 4 is 17.3 Å². The molecule has 4 heteroatoms. The van der Waals surface area contributed by atoms with E-state index in [1.165, 1.54) is 23.1 Å². The van der Waals surface area contributed by atoms with Gasteiger partial charge in [-0.05, 0) is 48.3 Å². The van der Waals surface area contributed by atoms with E-state index >= 15 is 0 Å². The third-order valence-electron chi connectivity index (χ3n) is 4.21. The van der Waals surface area contributed by atoms with Gasteiger partial charge in [0, 0.05) is 37.9 Å². The molecule has 0 radical (unpaired) electrons. The maximum absolute atomic E-state index is 5.53. The highest BCUT2D eigenvalue weighted by atomic mass is 32.1. The van der Waals surface area contributed by atoms with E-state index in [0.29, 0.717) is 5.92 Å². The Hall–Kier alpha value is -1.81. The third-order valence-corrected chi connectivity index (χ3v) is 4.61. The van der Waals surface area contributed by atoms with Crippen LogP contribution in [-0.4, -0.2) is 28.1 Å². The summed E-state index contributed by atoms with van der Waals surface area (Å²) in [6.07, 6.45) is 5.11. The Labute approximate surface area is 131 Å². The molecule has 3 nitrogen and oxygen atoms in total. The average Bonchev–Trinajstić information content (AvgIpc) is 3.17. The molecule has 2 N–H and O–H groups in total. The Kier molecular flexibility index (Phi) is 4.25. The highest BCUT2D eigenvalue weighted by molar-refractivity contribution is 7.80. The van der Waals surface area contributed by atoms with Crippen LogP contribution in [0, 0.1) is 6.92 Å². The average molecular weight is 299 g/mol. The van der Waals surface area contributed by atoms with Crippen LogP contribution in [0.25, 0.3) is 0 Å². The third kappa shape index (κ3) is 3.27. The Morgan fingerprint density at radius 3 is 3.00 bits per heavy atom. The van der Waals surface area contributed by atoms with Gasteiger partial charge < -0.3 is 15.2 Å².